The molecule has 1 fully saturated rings. The molecular formula is C15H21NO. The summed E-state index contributed by atoms with van der Waals surface area (Å²) >= 11 is 0. The Morgan fingerprint density at radius 3 is 2.88 bits per heavy atom. The molecule has 0 saturated carbocycles. The highest BCUT2D eigenvalue weighted by atomic mass is 16.5. The molecule has 2 heteroatoms. The number of hydrogen-bond acceptors (Lipinski definition) is 2. The number of hydrogen-bond donors (Lipinski definition) is 1. The van der Waals surface area contributed by atoms with Gasteiger partial charge in [0.1, 0.15) is 0 Å². The summed E-state index contributed by atoms with van der Waals surface area (Å²) in [5.41, 5.74) is 3.30. The predicted molar refractivity (Wildman–Crippen MR) is 69.2 cm³/mol. The van der Waals surface area contributed by atoms with Gasteiger partial charge in [0, 0.05) is 18.7 Å². The van der Waals surface area contributed by atoms with Crippen molar-refractivity contribution in [3.8, 4) is 0 Å². The Balaban J connectivity index is 1.83. The van der Waals surface area contributed by atoms with E-state index in [9.17, 15) is 0 Å². The van der Waals surface area contributed by atoms with E-state index in [4.69, 9.17) is 4.74 Å². The minimum Gasteiger partial charge on any atom is -0.380 e. The van der Waals surface area contributed by atoms with Crippen molar-refractivity contribution in [3.63, 3.8) is 0 Å². The first kappa shape index (κ1) is 11.2. The second-order valence-corrected chi connectivity index (χ2v) is 5.96. The average molecular weight is 231 g/mol. The Kier molecular flexibility index (Phi) is 2.72. The third-order valence-corrected chi connectivity index (χ3v) is 4.15. The van der Waals surface area contributed by atoms with Crippen LogP contribution in [0.5, 0.6) is 0 Å². The first-order chi connectivity index (χ1) is 8.17. The highest BCUT2D eigenvalue weighted by Gasteiger charge is 2.37. The van der Waals surface area contributed by atoms with Crippen LogP contribution in [-0.4, -0.2) is 19.3 Å². The van der Waals surface area contributed by atoms with Gasteiger partial charge in [0.05, 0.1) is 6.61 Å². The van der Waals surface area contributed by atoms with Gasteiger partial charge in [-0.05, 0) is 29.4 Å². The number of fused-ring (bicyclic) bond motifs is 1. The lowest BCUT2D eigenvalue weighted by molar-refractivity contribution is 0.187. The van der Waals surface area contributed by atoms with Crippen molar-refractivity contribution < 1.29 is 4.74 Å². The monoisotopic (exact) mass is 231 g/mol. The summed E-state index contributed by atoms with van der Waals surface area (Å²) in [6.07, 6.45) is 2.35. The van der Waals surface area contributed by atoms with Gasteiger partial charge in [-0.3, -0.25) is 0 Å². The van der Waals surface area contributed by atoms with Crippen LogP contribution in [0, 0.1) is 0 Å². The fourth-order valence-electron chi connectivity index (χ4n) is 3.25. The van der Waals surface area contributed by atoms with Crippen LogP contribution in [0.3, 0.4) is 0 Å². The predicted octanol–water partition coefficient (Wildman–Crippen LogP) is 2.79. The van der Waals surface area contributed by atoms with E-state index in [0.717, 1.165) is 19.6 Å². The molecule has 0 spiro atoms. The van der Waals surface area contributed by atoms with Crippen molar-refractivity contribution in [2.75, 3.05) is 13.2 Å². The standard InChI is InChI=1S/C15H21NO/c1-15(2)9-14(16-11-7-8-17-10-11)12-5-3-4-6-13(12)15/h3-6,11,14,16H,7-10H2,1-2H3. The summed E-state index contributed by atoms with van der Waals surface area (Å²) in [5, 5.41) is 3.76. The van der Waals surface area contributed by atoms with E-state index in [1.807, 2.05) is 0 Å². The molecule has 1 N–H and O–H groups in total. The van der Waals surface area contributed by atoms with E-state index >= 15 is 0 Å². The topological polar surface area (TPSA) is 21.3 Å². The highest BCUT2D eigenvalue weighted by molar-refractivity contribution is 5.41. The molecule has 2 nitrogen and oxygen atoms in total. The molecule has 1 aliphatic carbocycles. The van der Waals surface area contributed by atoms with Gasteiger partial charge in [-0.2, -0.15) is 0 Å². The summed E-state index contributed by atoms with van der Waals surface area (Å²) in [6.45, 7) is 6.48. The summed E-state index contributed by atoms with van der Waals surface area (Å²) in [5.74, 6) is 0. The Labute approximate surface area is 103 Å². The van der Waals surface area contributed by atoms with Crippen molar-refractivity contribution in [2.45, 2.75) is 44.2 Å². The molecule has 2 aliphatic rings. The molecule has 2 atom stereocenters. The SMILES string of the molecule is CC1(C)CC(NC2CCOC2)c2ccccc21. The lowest BCUT2D eigenvalue weighted by Gasteiger charge is -2.21. The normalized spacial score (nSPS) is 30.5. The summed E-state index contributed by atoms with van der Waals surface area (Å²) in [7, 11) is 0. The molecule has 1 aliphatic heterocycles. The van der Waals surface area contributed by atoms with Gasteiger partial charge in [-0.1, -0.05) is 38.1 Å². The smallest absolute Gasteiger partial charge is 0.0620 e. The van der Waals surface area contributed by atoms with Gasteiger partial charge in [-0.15, -0.1) is 0 Å². The van der Waals surface area contributed by atoms with Gasteiger partial charge in [0.2, 0.25) is 0 Å². The maximum atomic E-state index is 5.44. The van der Waals surface area contributed by atoms with Crippen LogP contribution in [0.25, 0.3) is 0 Å². The van der Waals surface area contributed by atoms with Crippen LogP contribution in [0.4, 0.5) is 0 Å². The summed E-state index contributed by atoms with van der Waals surface area (Å²) in [6, 6.07) is 9.91. The fraction of sp³-hybridized carbons (Fsp3) is 0.600. The lowest BCUT2D eigenvalue weighted by Crippen LogP contribution is -2.32. The first-order valence-electron chi connectivity index (χ1n) is 6.60. The molecule has 1 aromatic carbocycles. The molecule has 3 rings (SSSR count). The molecule has 0 bridgehead atoms. The number of rotatable bonds is 2. The zero-order valence-electron chi connectivity index (χ0n) is 10.7. The van der Waals surface area contributed by atoms with Crippen LogP contribution in [0.15, 0.2) is 24.3 Å². The minimum absolute atomic E-state index is 0.299. The zero-order valence-corrected chi connectivity index (χ0v) is 10.7. The fourth-order valence-corrected chi connectivity index (χ4v) is 3.25. The Hall–Kier alpha value is -0.860. The van der Waals surface area contributed by atoms with Gasteiger partial charge in [0.25, 0.3) is 0 Å². The summed E-state index contributed by atoms with van der Waals surface area (Å²) < 4.78 is 5.44. The van der Waals surface area contributed by atoms with Crippen molar-refractivity contribution in [3.05, 3.63) is 35.4 Å². The van der Waals surface area contributed by atoms with E-state index in [1.165, 1.54) is 17.5 Å². The Morgan fingerprint density at radius 2 is 2.12 bits per heavy atom. The molecular weight excluding hydrogens is 210 g/mol. The number of nitrogens with one attached hydrogen (secondary N) is 1. The van der Waals surface area contributed by atoms with Crippen molar-refractivity contribution >= 4 is 0 Å². The zero-order chi connectivity index (χ0) is 11.9. The molecule has 0 amide bonds. The molecule has 0 aromatic heterocycles. The highest BCUT2D eigenvalue weighted by Crippen LogP contribution is 2.44. The van der Waals surface area contributed by atoms with Crippen LogP contribution in [0.1, 0.15) is 43.9 Å². The minimum atomic E-state index is 0.299. The van der Waals surface area contributed by atoms with Gasteiger partial charge >= 0.3 is 0 Å². The van der Waals surface area contributed by atoms with Gasteiger partial charge in [0.15, 0.2) is 0 Å². The maximum Gasteiger partial charge on any atom is 0.0620 e. The maximum absolute atomic E-state index is 5.44. The molecule has 17 heavy (non-hydrogen) atoms. The number of benzene rings is 1. The molecule has 92 valence electrons. The third kappa shape index (κ3) is 2.00. The molecule has 2 unspecified atom stereocenters. The van der Waals surface area contributed by atoms with Gasteiger partial charge < -0.3 is 10.1 Å². The third-order valence-electron chi connectivity index (χ3n) is 4.15. The van der Waals surface area contributed by atoms with Crippen LogP contribution in [-0.2, 0) is 10.2 Å². The van der Waals surface area contributed by atoms with E-state index < -0.39 is 0 Å². The molecule has 1 aromatic rings. The lowest BCUT2D eigenvalue weighted by atomic mass is 9.86. The quantitative estimate of drug-likeness (QED) is 0.845. The van der Waals surface area contributed by atoms with E-state index in [-0.39, 0.29) is 0 Å². The number of ether oxygens (including phenoxy) is 1. The van der Waals surface area contributed by atoms with Crippen LogP contribution >= 0.6 is 0 Å². The van der Waals surface area contributed by atoms with Crippen LogP contribution < -0.4 is 5.32 Å². The second-order valence-electron chi connectivity index (χ2n) is 5.96. The summed E-state index contributed by atoms with van der Waals surface area (Å²) in [4.78, 5) is 0. The average Bonchev–Trinajstić information content (AvgIpc) is 2.88. The Morgan fingerprint density at radius 1 is 1.29 bits per heavy atom. The second kappa shape index (κ2) is 4.11. The molecule has 1 saturated heterocycles. The van der Waals surface area contributed by atoms with Crippen molar-refractivity contribution in [2.24, 2.45) is 0 Å². The van der Waals surface area contributed by atoms with Crippen LogP contribution in [0.2, 0.25) is 0 Å². The van der Waals surface area contributed by atoms with E-state index in [2.05, 4.69) is 43.4 Å². The Bertz CT molecular complexity index is 407. The van der Waals surface area contributed by atoms with Gasteiger partial charge in [-0.25, -0.2) is 0 Å². The first-order valence-corrected chi connectivity index (χ1v) is 6.60. The largest absolute Gasteiger partial charge is 0.380 e. The van der Waals surface area contributed by atoms with Crippen molar-refractivity contribution in [1.82, 2.24) is 5.32 Å². The van der Waals surface area contributed by atoms with E-state index in [0.29, 0.717) is 17.5 Å². The molecule has 0 radical (unpaired) electrons. The van der Waals surface area contributed by atoms with E-state index in [1.54, 1.807) is 0 Å². The molecule has 1 heterocycles. The van der Waals surface area contributed by atoms with Crippen molar-refractivity contribution in [1.29, 1.82) is 0 Å².